The smallest absolute Gasteiger partial charge is 0.275 e. The zero-order valence-electron chi connectivity index (χ0n) is 32.3. The second-order valence-corrected chi connectivity index (χ2v) is 16.3. The molecule has 1 fully saturated rings. The number of carbonyl (C=O) groups excluding carboxylic acids is 3. The van der Waals surface area contributed by atoms with Crippen LogP contribution in [0.15, 0.2) is 82.7 Å². The molecule has 3 amide bonds. The lowest BCUT2D eigenvalue weighted by Gasteiger charge is -2.21. The van der Waals surface area contributed by atoms with Crippen molar-refractivity contribution < 1.29 is 19.1 Å². The first-order valence-corrected chi connectivity index (χ1v) is 20.5. The summed E-state index contributed by atoms with van der Waals surface area (Å²) in [5.74, 6) is 1.03. The SMILES string of the molecule is Cc1sc2c(c1C)C(c1ccc(Cl)cc1)=N[C@@H](CC(=O)Nc1ccc(OCCCCCc3ccc4c(=O)n(C5CCC(=O)NC5=O)ncc4c3)cc1)c1nnc(C)n1-2. The van der Waals surface area contributed by atoms with Crippen LogP contribution in [0.5, 0.6) is 5.75 Å². The Balaban J connectivity index is 0.839. The van der Waals surface area contributed by atoms with E-state index in [1.807, 2.05) is 72.2 Å². The molecular formula is C43H41ClN8O5S. The Bertz CT molecular complexity index is 2650. The number of aliphatic imine (C=N–C) groups is 1. The molecule has 1 saturated heterocycles. The first-order chi connectivity index (χ1) is 28.0. The number of hydrogen-bond acceptors (Lipinski definition) is 10. The molecule has 0 radical (unpaired) electrons. The van der Waals surface area contributed by atoms with Crippen molar-refractivity contribution in [1.29, 1.82) is 0 Å². The molecule has 2 atom stereocenters. The molecule has 5 heterocycles. The van der Waals surface area contributed by atoms with Gasteiger partial charge in [-0.05, 0) is 113 Å². The molecule has 0 aliphatic carbocycles. The van der Waals surface area contributed by atoms with Crippen molar-refractivity contribution in [3.05, 3.63) is 127 Å². The van der Waals surface area contributed by atoms with Crippen molar-refractivity contribution in [3.63, 3.8) is 0 Å². The highest BCUT2D eigenvalue weighted by molar-refractivity contribution is 7.15. The minimum Gasteiger partial charge on any atom is -0.494 e. The largest absolute Gasteiger partial charge is 0.494 e. The predicted molar refractivity (Wildman–Crippen MR) is 223 cm³/mol. The molecule has 0 saturated carbocycles. The number of carbonyl (C=O) groups is 3. The van der Waals surface area contributed by atoms with Gasteiger partial charge in [-0.2, -0.15) is 5.10 Å². The number of ether oxygens (including phenoxy) is 1. The van der Waals surface area contributed by atoms with Crippen LogP contribution in [0, 0.1) is 20.8 Å². The number of rotatable bonds is 12. The second kappa shape index (κ2) is 16.5. The Kier molecular flexibility index (Phi) is 11.0. The van der Waals surface area contributed by atoms with Crippen molar-refractivity contribution in [2.75, 3.05) is 11.9 Å². The third-order valence-electron chi connectivity index (χ3n) is 10.6. The van der Waals surface area contributed by atoms with E-state index in [4.69, 9.17) is 21.3 Å². The monoisotopic (exact) mass is 816 g/mol. The van der Waals surface area contributed by atoms with E-state index in [9.17, 15) is 19.2 Å². The van der Waals surface area contributed by atoms with Gasteiger partial charge in [-0.25, -0.2) is 4.68 Å². The van der Waals surface area contributed by atoms with Crippen LogP contribution in [0.3, 0.4) is 0 Å². The van der Waals surface area contributed by atoms with Gasteiger partial charge in [-0.1, -0.05) is 29.8 Å². The topological polar surface area (TPSA) is 162 Å². The lowest BCUT2D eigenvalue weighted by Crippen LogP contribution is -2.45. The minimum atomic E-state index is -0.788. The number of halogens is 1. The van der Waals surface area contributed by atoms with Gasteiger partial charge in [0.15, 0.2) is 5.82 Å². The first kappa shape index (κ1) is 38.9. The highest BCUT2D eigenvalue weighted by atomic mass is 35.5. The van der Waals surface area contributed by atoms with Crippen molar-refractivity contribution in [2.24, 2.45) is 4.99 Å². The molecule has 3 aromatic heterocycles. The summed E-state index contributed by atoms with van der Waals surface area (Å²) in [6, 6.07) is 19.3. The zero-order chi connectivity index (χ0) is 40.5. The third-order valence-corrected chi connectivity index (χ3v) is 12.1. The Morgan fingerprint density at radius 1 is 0.983 bits per heavy atom. The van der Waals surface area contributed by atoms with Gasteiger partial charge in [-0.3, -0.25) is 34.1 Å². The summed E-state index contributed by atoms with van der Waals surface area (Å²) in [5, 5.41) is 21.3. The fourth-order valence-corrected chi connectivity index (χ4v) is 8.80. The number of fused-ring (bicyclic) bond motifs is 4. The lowest BCUT2D eigenvalue weighted by atomic mass is 9.99. The van der Waals surface area contributed by atoms with Crippen LogP contribution in [0.4, 0.5) is 5.69 Å². The van der Waals surface area contributed by atoms with Crippen LogP contribution in [-0.2, 0) is 20.8 Å². The van der Waals surface area contributed by atoms with Crippen molar-refractivity contribution in [2.45, 2.75) is 77.8 Å². The molecule has 3 aromatic carbocycles. The van der Waals surface area contributed by atoms with Crippen molar-refractivity contribution in [1.82, 2.24) is 29.9 Å². The molecule has 296 valence electrons. The number of nitrogens with zero attached hydrogens (tertiary/aromatic N) is 6. The molecule has 6 aromatic rings. The number of nitrogens with one attached hydrogen (secondary N) is 2. The summed E-state index contributed by atoms with van der Waals surface area (Å²) in [6.45, 7) is 6.66. The van der Waals surface area contributed by atoms with Crippen molar-refractivity contribution >= 4 is 62.8 Å². The summed E-state index contributed by atoms with van der Waals surface area (Å²) < 4.78 is 9.20. The van der Waals surface area contributed by atoms with E-state index in [1.54, 1.807) is 23.6 Å². The molecule has 2 aliphatic heterocycles. The summed E-state index contributed by atoms with van der Waals surface area (Å²) in [7, 11) is 0. The zero-order valence-corrected chi connectivity index (χ0v) is 33.8. The number of imide groups is 1. The van der Waals surface area contributed by atoms with E-state index in [0.717, 1.165) is 69.9 Å². The normalized spacial score (nSPS) is 16.3. The maximum absolute atomic E-state index is 13.5. The van der Waals surface area contributed by atoms with E-state index >= 15 is 0 Å². The van der Waals surface area contributed by atoms with E-state index in [1.165, 1.54) is 9.56 Å². The molecule has 8 rings (SSSR count). The Hall–Kier alpha value is -5.99. The van der Waals surface area contributed by atoms with E-state index in [0.29, 0.717) is 34.3 Å². The molecule has 0 bridgehead atoms. The van der Waals surface area contributed by atoms with Gasteiger partial charge in [-0.15, -0.1) is 21.5 Å². The molecular weight excluding hydrogens is 776 g/mol. The maximum Gasteiger partial charge on any atom is 0.275 e. The van der Waals surface area contributed by atoms with E-state index < -0.39 is 18.0 Å². The molecule has 1 unspecified atom stereocenters. The Morgan fingerprint density at radius 3 is 2.55 bits per heavy atom. The minimum absolute atomic E-state index is 0.0702. The lowest BCUT2D eigenvalue weighted by molar-refractivity contribution is -0.136. The van der Waals surface area contributed by atoms with Crippen LogP contribution >= 0.6 is 22.9 Å². The Labute approximate surface area is 343 Å². The van der Waals surface area contributed by atoms with Gasteiger partial charge in [0.05, 0.1) is 30.3 Å². The molecule has 15 heteroatoms. The molecule has 0 spiro atoms. The number of piperidine rings is 1. The van der Waals surface area contributed by atoms with Crippen LogP contribution in [0.1, 0.15) is 89.4 Å². The average molecular weight is 817 g/mol. The summed E-state index contributed by atoms with van der Waals surface area (Å²) in [4.78, 5) is 56.8. The fourth-order valence-electron chi connectivity index (χ4n) is 7.46. The number of thiophene rings is 1. The Morgan fingerprint density at radius 2 is 1.78 bits per heavy atom. The number of hydrogen-bond donors (Lipinski definition) is 2. The molecule has 2 N–H and O–H groups in total. The number of unbranched alkanes of at least 4 members (excludes halogenated alkanes) is 2. The molecule has 58 heavy (non-hydrogen) atoms. The predicted octanol–water partition coefficient (Wildman–Crippen LogP) is 7.31. The van der Waals surface area contributed by atoms with Gasteiger partial charge < -0.3 is 10.1 Å². The number of amides is 3. The van der Waals surface area contributed by atoms with Gasteiger partial charge in [0, 0.05) is 38.5 Å². The highest BCUT2D eigenvalue weighted by Crippen LogP contribution is 2.39. The summed E-state index contributed by atoms with van der Waals surface area (Å²) >= 11 is 7.91. The highest BCUT2D eigenvalue weighted by Gasteiger charge is 2.33. The molecule has 2 aliphatic rings. The summed E-state index contributed by atoms with van der Waals surface area (Å²) in [5.41, 5.74) is 5.25. The number of aromatic nitrogens is 5. The molecule has 13 nitrogen and oxygen atoms in total. The van der Waals surface area contributed by atoms with Gasteiger partial charge in [0.1, 0.15) is 28.7 Å². The van der Waals surface area contributed by atoms with Gasteiger partial charge in [0.25, 0.3) is 11.5 Å². The number of aryl methyl sites for hydroxylation is 3. The standard InChI is InChI=1S/C43H41ClN8O5S/c1-24-25(2)58-43-38(24)39(28-9-11-30(44)12-10-28)47-34(40-50-49-26(3)51(40)43)22-37(54)46-31-13-15-32(16-14-31)57-20-6-4-5-7-27-8-17-33-29(21-27)23-45-52(42(33)56)35-18-19-36(53)48-41(35)55/h8-17,21,23,34-35H,4-7,18-20,22H2,1-3H3,(H,46,54)(H,48,53,55)/t34-,35?/m0/s1. The van der Waals surface area contributed by atoms with Crippen LogP contribution in [0.25, 0.3) is 15.8 Å². The van der Waals surface area contributed by atoms with Crippen LogP contribution in [-0.4, -0.2) is 54.6 Å². The first-order valence-electron chi connectivity index (χ1n) is 19.3. The fraction of sp³-hybridized carbons (Fsp3) is 0.302. The number of benzene rings is 3. The van der Waals surface area contributed by atoms with Gasteiger partial charge in [0.2, 0.25) is 11.8 Å². The second-order valence-electron chi connectivity index (χ2n) is 14.6. The van der Waals surface area contributed by atoms with Gasteiger partial charge >= 0.3 is 0 Å². The number of anilines is 1. The average Bonchev–Trinajstić information content (AvgIpc) is 3.69. The van der Waals surface area contributed by atoms with Crippen molar-refractivity contribution in [3.8, 4) is 10.8 Å². The van der Waals surface area contributed by atoms with Crippen LogP contribution in [0.2, 0.25) is 5.02 Å². The third kappa shape index (κ3) is 7.94. The quantitative estimate of drug-likeness (QED) is 0.0960. The van der Waals surface area contributed by atoms with E-state index in [2.05, 4.69) is 39.8 Å². The van der Waals surface area contributed by atoms with E-state index in [-0.39, 0.29) is 36.6 Å². The maximum atomic E-state index is 13.5. The summed E-state index contributed by atoms with van der Waals surface area (Å²) in [6.07, 6.45) is 5.69. The van der Waals surface area contributed by atoms with Crippen LogP contribution < -0.4 is 20.9 Å².